The molecule has 0 atom stereocenters. The van der Waals surface area contributed by atoms with Crippen LogP contribution in [0.15, 0.2) is 18.7 Å². The topological polar surface area (TPSA) is 81.3 Å². The van der Waals surface area contributed by atoms with Crippen LogP contribution >= 0.6 is 11.6 Å². The number of carbonyl (C=O) groups excluding carboxylic acids is 1. The van der Waals surface area contributed by atoms with E-state index in [0.717, 1.165) is 0 Å². The summed E-state index contributed by atoms with van der Waals surface area (Å²) in [6, 6.07) is 2.98. The molecule has 0 aliphatic heterocycles. The number of ether oxygens (including phenoxy) is 1. The van der Waals surface area contributed by atoms with Gasteiger partial charge < -0.3 is 15.4 Å². The molecule has 0 unspecified atom stereocenters. The third kappa shape index (κ3) is 4.36. The minimum absolute atomic E-state index is 0.00671. The molecule has 0 radical (unpaired) electrons. The van der Waals surface area contributed by atoms with E-state index < -0.39 is 11.8 Å². The van der Waals surface area contributed by atoms with Gasteiger partial charge in [0, 0.05) is 19.7 Å². The second-order valence-corrected chi connectivity index (χ2v) is 6.95. The van der Waals surface area contributed by atoms with Gasteiger partial charge >= 0.3 is 5.97 Å². The molecule has 0 bridgehead atoms. The first kappa shape index (κ1) is 20.6. The number of hydrogen-bond donors (Lipinski definition) is 1. The highest BCUT2D eigenvalue weighted by atomic mass is 35.5. The minimum Gasteiger partial charge on any atom is -0.461 e. The maximum absolute atomic E-state index is 15.0. The van der Waals surface area contributed by atoms with Gasteiger partial charge in [-0.25, -0.2) is 19.2 Å². The third-order valence-electron chi connectivity index (χ3n) is 3.68. The van der Waals surface area contributed by atoms with Crippen molar-refractivity contribution in [1.29, 1.82) is 0 Å². The van der Waals surface area contributed by atoms with Crippen LogP contribution in [-0.4, -0.2) is 36.6 Å². The van der Waals surface area contributed by atoms with Crippen LogP contribution < -0.4 is 10.6 Å². The first-order valence-electron chi connectivity index (χ1n) is 8.30. The van der Waals surface area contributed by atoms with Gasteiger partial charge in [0.2, 0.25) is 0 Å². The van der Waals surface area contributed by atoms with E-state index in [9.17, 15) is 9.18 Å². The lowest BCUT2D eigenvalue weighted by Gasteiger charge is -2.17. The Bertz CT molecular complexity index is 884. The monoisotopic (exact) mass is 392 g/mol. The summed E-state index contributed by atoms with van der Waals surface area (Å²) >= 11 is 6.08. The first-order valence-corrected chi connectivity index (χ1v) is 8.67. The molecule has 2 N–H and O–H groups in total. The van der Waals surface area contributed by atoms with Crippen LogP contribution in [0.25, 0.3) is 17.5 Å². The average Bonchev–Trinajstić information content (AvgIpc) is 2.58. The fraction of sp³-hybridized carbons (Fsp3) is 0.316. The molecule has 1 heterocycles. The van der Waals surface area contributed by atoms with E-state index >= 15 is 0 Å². The Morgan fingerprint density at radius 3 is 2.63 bits per heavy atom. The number of hydrogen-bond acceptors (Lipinski definition) is 6. The zero-order valence-corrected chi connectivity index (χ0v) is 16.5. The smallest absolute Gasteiger partial charge is 0.357 e. The van der Waals surface area contributed by atoms with Gasteiger partial charge in [0.1, 0.15) is 5.82 Å². The van der Waals surface area contributed by atoms with Crippen molar-refractivity contribution < 1.29 is 13.9 Å². The molecule has 6 nitrogen and oxygen atoms in total. The number of nitrogens with zero attached hydrogens (tertiary/aromatic N) is 3. The van der Waals surface area contributed by atoms with Gasteiger partial charge in [-0.3, -0.25) is 0 Å². The minimum atomic E-state index is -0.670. The Hall–Kier alpha value is -2.67. The van der Waals surface area contributed by atoms with E-state index in [1.54, 1.807) is 19.0 Å². The molecule has 1 aromatic heterocycles. The predicted octanol–water partition coefficient (Wildman–Crippen LogP) is 4.04. The Labute approximate surface area is 162 Å². The lowest BCUT2D eigenvalue weighted by Crippen LogP contribution is -2.16. The Morgan fingerprint density at radius 2 is 2.07 bits per heavy atom. The van der Waals surface area contributed by atoms with Gasteiger partial charge in [-0.05, 0) is 18.1 Å². The Morgan fingerprint density at radius 1 is 1.41 bits per heavy atom. The second-order valence-electron chi connectivity index (χ2n) is 6.54. The number of rotatable bonds is 6. The number of halogens is 2. The van der Waals surface area contributed by atoms with Gasteiger partial charge in [-0.2, -0.15) is 0 Å². The highest BCUT2D eigenvalue weighted by molar-refractivity contribution is 6.33. The van der Waals surface area contributed by atoms with E-state index in [1.807, 2.05) is 13.8 Å². The molecule has 2 rings (SSSR count). The SMILES string of the molecule is C=Cc1c(N)nc(-c2ccc(Cl)c(N(C)C)c2F)nc1C(=O)OCC(C)C. The number of anilines is 2. The molecule has 0 saturated heterocycles. The number of carbonyl (C=O) groups is 1. The van der Waals surface area contributed by atoms with Crippen molar-refractivity contribution >= 4 is 35.2 Å². The molecule has 0 saturated carbocycles. The van der Waals surface area contributed by atoms with E-state index in [4.69, 9.17) is 22.1 Å². The second kappa shape index (κ2) is 8.35. The largest absolute Gasteiger partial charge is 0.461 e. The molecule has 2 aromatic rings. The summed E-state index contributed by atoms with van der Waals surface area (Å²) in [4.78, 5) is 22.3. The molecule has 1 aromatic carbocycles. The maximum Gasteiger partial charge on any atom is 0.357 e. The highest BCUT2D eigenvalue weighted by Crippen LogP contribution is 2.34. The number of aromatic nitrogens is 2. The predicted molar refractivity (Wildman–Crippen MR) is 106 cm³/mol. The summed E-state index contributed by atoms with van der Waals surface area (Å²) in [7, 11) is 3.33. The van der Waals surface area contributed by atoms with Crippen molar-refractivity contribution in [1.82, 2.24) is 9.97 Å². The summed E-state index contributed by atoms with van der Waals surface area (Å²) in [5.41, 5.74) is 6.40. The molecule has 0 fully saturated rings. The average molecular weight is 393 g/mol. The molecule has 8 heteroatoms. The van der Waals surface area contributed by atoms with Crippen molar-refractivity contribution in [2.75, 3.05) is 31.3 Å². The van der Waals surface area contributed by atoms with Gasteiger partial charge in [-0.1, -0.05) is 38.1 Å². The summed E-state index contributed by atoms with van der Waals surface area (Å²) in [5, 5.41) is 0.244. The van der Waals surface area contributed by atoms with Crippen molar-refractivity contribution in [2.24, 2.45) is 5.92 Å². The first-order chi connectivity index (χ1) is 12.7. The number of esters is 1. The zero-order chi connectivity index (χ0) is 20.3. The Balaban J connectivity index is 2.62. The van der Waals surface area contributed by atoms with Crippen LogP contribution in [0.3, 0.4) is 0 Å². The fourth-order valence-corrected chi connectivity index (χ4v) is 2.71. The fourth-order valence-electron chi connectivity index (χ4n) is 2.40. The van der Waals surface area contributed by atoms with Crippen LogP contribution in [-0.2, 0) is 4.74 Å². The number of nitrogen functional groups attached to an aromatic ring is 1. The summed E-state index contributed by atoms with van der Waals surface area (Å²) in [6.45, 7) is 7.67. The van der Waals surface area contributed by atoms with Gasteiger partial charge in [-0.15, -0.1) is 0 Å². The quantitative estimate of drug-likeness (QED) is 0.747. The van der Waals surface area contributed by atoms with E-state index in [-0.39, 0.29) is 51.7 Å². The lowest BCUT2D eigenvalue weighted by atomic mass is 10.1. The molecule has 0 aliphatic carbocycles. The maximum atomic E-state index is 15.0. The van der Waals surface area contributed by atoms with Crippen molar-refractivity contribution in [3.63, 3.8) is 0 Å². The standard InChI is InChI=1S/C19H22ClFN4O2/c1-6-11-15(19(26)27-9-10(2)3)23-18(24-17(11)22)12-7-8-13(20)16(14(12)21)25(4)5/h6-8,10H,1,9H2,2-5H3,(H2,22,23,24). The Kier molecular flexibility index (Phi) is 6.38. The number of benzene rings is 1. The van der Waals surface area contributed by atoms with Crippen LogP contribution in [0.5, 0.6) is 0 Å². The van der Waals surface area contributed by atoms with Crippen molar-refractivity contribution in [2.45, 2.75) is 13.8 Å². The lowest BCUT2D eigenvalue weighted by molar-refractivity contribution is 0.0452. The zero-order valence-electron chi connectivity index (χ0n) is 15.7. The molecule has 27 heavy (non-hydrogen) atoms. The van der Waals surface area contributed by atoms with Gasteiger partial charge in [0.05, 0.1) is 22.9 Å². The van der Waals surface area contributed by atoms with E-state index in [0.29, 0.717) is 0 Å². The molecular formula is C19H22ClFN4O2. The summed E-state index contributed by atoms with van der Waals surface area (Å²) in [5.74, 6) is -1.16. The molecule has 0 aliphatic rings. The van der Waals surface area contributed by atoms with Crippen LogP contribution in [0.4, 0.5) is 15.9 Å². The molecular weight excluding hydrogens is 371 g/mol. The third-order valence-corrected chi connectivity index (χ3v) is 3.98. The van der Waals surface area contributed by atoms with Crippen molar-refractivity contribution in [3.8, 4) is 11.4 Å². The highest BCUT2D eigenvalue weighted by Gasteiger charge is 2.23. The van der Waals surface area contributed by atoms with Gasteiger partial charge in [0.25, 0.3) is 0 Å². The normalized spacial score (nSPS) is 10.8. The van der Waals surface area contributed by atoms with Crippen LogP contribution in [0, 0.1) is 11.7 Å². The van der Waals surface area contributed by atoms with E-state index in [1.165, 1.54) is 18.2 Å². The number of nitrogens with two attached hydrogens (primary N) is 1. The van der Waals surface area contributed by atoms with Crippen molar-refractivity contribution in [3.05, 3.63) is 40.8 Å². The van der Waals surface area contributed by atoms with Crippen LogP contribution in [0.1, 0.15) is 29.9 Å². The van der Waals surface area contributed by atoms with E-state index in [2.05, 4.69) is 16.5 Å². The molecule has 144 valence electrons. The summed E-state index contributed by atoms with van der Waals surface area (Å²) in [6.07, 6.45) is 1.37. The van der Waals surface area contributed by atoms with Gasteiger partial charge in [0.15, 0.2) is 17.3 Å². The molecule has 0 amide bonds. The van der Waals surface area contributed by atoms with Crippen LogP contribution in [0.2, 0.25) is 5.02 Å². The molecule has 0 spiro atoms. The summed E-state index contributed by atoms with van der Waals surface area (Å²) < 4.78 is 20.2.